The molecule has 1 aliphatic rings. The van der Waals surface area contributed by atoms with Crippen molar-refractivity contribution in [3.05, 3.63) is 29.8 Å². The van der Waals surface area contributed by atoms with Crippen LogP contribution in [0.2, 0.25) is 0 Å². The largest absolute Gasteiger partial charge is 0.399 e. The molecule has 0 spiro atoms. The average Bonchev–Trinajstić information content (AvgIpc) is 2.56. The van der Waals surface area contributed by atoms with E-state index in [1.807, 2.05) is 12.1 Å². The lowest BCUT2D eigenvalue weighted by Gasteiger charge is -2.08. The molecule has 0 bridgehead atoms. The number of benzene rings is 1. The van der Waals surface area contributed by atoms with E-state index >= 15 is 0 Å². The summed E-state index contributed by atoms with van der Waals surface area (Å²) in [5, 5.41) is 3.35. The molecule has 12 heavy (non-hydrogen) atoms. The molecule has 1 aliphatic heterocycles. The second kappa shape index (κ2) is 3.15. The fourth-order valence-electron chi connectivity index (χ4n) is 1.75. The van der Waals surface area contributed by atoms with Gasteiger partial charge in [0.15, 0.2) is 0 Å². The summed E-state index contributed by atoms with van der Waals surface area (Å²) in [6, 6.07) is 8.21. The van der Waals surface area contributed by atoms with Crippen LogP contribution in [0.5, 0.6) is 0 Å². The third-order valence-corrected chi connectivity index (χ3v) is 2.44. The van der Waals surface area contributed by atoms with Crippen molar-refractivity contribution in [2.75, 3.05) is 18.8 Å². The Morgan fingerprint density at radius 3 is 3.00 bits per heavy atom. The summed E-state index contributed by atoms with van der Waals surface area (Å²) in [6.45, 7) is 2.24. The van der Waals surface area contributed by atoms with Crippen LogP contribution in [0.15, 0.2) is 24.3 Å². The second-order valence-electron chi connectivity index (χ2n) is 3.36. The molecule has 0 aliphatic carbocycles. The molecule has 0 aromatic heterocycles. The second-order valence-corrected chi connectivity index (χ2v) is 3.36. The smallest absolute Gasteiger partial charge is 0.0316 e. The van der Waals surface area contributed by atoms with Gasteiger partial charge in [-0.1, -0.05) is 12.1 Å². The summed E-state index contributed by atoms with van der Waals surface area (Å²) in [5.41, 5.74) is 7.96. The summed E-state index contributed by atoms with van der Waals surface area (Å²) >= 11 is 0. The molecular weight excluding hydrogens is 148 g/mol. The monoisotopic (exact) mass is 162 g/mol. The molecule has 2 nitrogen and oxygen atoms in total. The molecule has 1 atom stereocenters. The first kappa shape index (κ1) is 7.62. The highest BCUT2D eigenvalue weighted by Gasteiger charge is 2.15. The molecule has 2 rings (SSSR count). The van der Waals surface area contributed by atoms with Crippen molar-refractivity contribution in [2.45, 2.75) is 12.3 Å². The van der Waals surface area contributed by atoms with E-state index in [9.17, 15) is 0 Å². The predicted octanol–water partition coefficient (Wildman–Crippen LogP) is 1.35. The Hall–Kier alpha value is -1.02. The first-order valence-electron chi connectivity index (χ1n) is 4.42. The summed E-state index contributed by atoms with van der Waals surface area (Å²) in [5.74, 6) is 0.675. The highest BCUT2D eigenvalue weighted by atomic mass is 14.9. The number of nitrogens with two attached hydrogens (primary N) is 1. The van der Waals surface area contributed by atoms with Gasteiger partial charge in [-0.15, -0.1) is 0 Å². The molecule has 1 unspecified atom stereocenters. The summed E-state index contributed by atoms with van der Waals surface area (Å²) in [4.78, 5) is 0. The maximum absolute atomic E-state index is 5.71. The lowest BCUT2D eigenvalue weighted by Crippen LogP contribution is -2.07. The summed E-state index contributed by atoms with van der Waals surface area (Å²) in [7, 11) is 0. The molecule has 2 heteroatoms. The number of rotatable bonds is 1. The van der Waals surface area contributed by atoms with Crippen LogP contribution in [-0.2, 0) is 0 Å². The first-order valence-corrected chi connectivity index (χ1v) is 4.42. The van der Waals surface area contributed by atoms with Gasteiger partial charge in [-0.2, -0.15) is 0 Å². The van der Waals surface area contributed by atoms with E-state index in [1.165, 1.54) is 12.0 Å². The summed E-state index contributed by atoms with van der Waals surface area (Å²) in [6.07, 6.45) is 1.24. The van der Waals surface area contributed by atoms with Crippen LogP contribution < -0.4 is 11.1 Å². The zero-order valence-corrected chi connectivity index (χ0v) is 7.09. The van der Waals surface area contributed by atoms with Crippen LogP contribution in [0.1, 0.15) is 17.9 Å². The number of hydrogen-bond acceptors (Lipinski definition) is 2. The molecule has 1 aromatic carbocycles. The Kier molecular flexibility index (Phi) is 2.00. The van der Waals surface area contributed by atoms with E-state index in [-0.39, 0.29) is 0 Å². The van der Waals surface area contributed by atoms with Gasteiger partial charge in [-0.25, -0.2) is 0 Å². The van der Waals surface area contributed by atoms with Crippen LogP contribution in [0, 0.1) is 0 Å². The lowest BCUT2D eigenvalue weighted by atomic mass is 9.98. The van der Waals surface area contributed by atoms with Crippen LogP contribution in [-0.4, -0.2) is 13.1 Å². The molecule has 1 heterocycles. The molecule has 1 fully saturated rings. The van der Waals surface area contributed by atoms with Gasteiger partial charge >= 0.3 is 0 Å². The molecule has 1 saturated heterocycles. The van der Waals surface area contributed by atoms with Crippen molar-refractivity contribution in [1.82, 2.24) is 5.32 Å². The van der Waals surface area contributed by atoms with Crippen LogP contribution >= 0.6 is 0 Å². The number of hydrogen-bond donors (Lipinski definition) is 2. The third kappa shape index (κ3) is 1.43. The van der Waals surface area contributed by atoms with E-state index in [0.29, 0.717) is 5.92 Å². The van der Waals surface area contributed by atoms with Gasteiger partial charge < -0.3 is 11.1 Å². The van der Waals surface area contributed by atoms with Crippen LogP contribution in [0.25, 0.3) is 0 Å². The minimum absolute atomic E-state index is 0.675. The van der Waals surface area contributed by atoms with E-state index in [2.05, 4.69) is 17.4 Å². The Bertz CT molecular complexity index is 264. The van der Waals surface area contributed by atoms with Gasteiger partial charge in [-0.05, 0) is 36.6 Å². The molecule has 0 radical (unpaired) electrons. The van der Waals surface area contributed by atoms with Crippen LogP contribution in [0.4, 0.5) is 5.69 Å². The standard InChI is InChI=1S/C10H14N2/c11-10-3-1-2-8(6-10)9-4-5-12-7-9/h1-3,6,9,12H,4-5,7,11H2. The Balaban J connectivity index is 2.21. The fraction of sp³-hybridized carbons (Fsp3) is 0.400. The topological polar surface area (TPSA) is 38.0 Å². The summed E-state index contributed by atoms with van der Waals surface area (Å²) < 4.78 is 0. The number of anilines is 1. The maximum atomic E-state index is 5.71. The Morgan fingerprint density at radius 2 is 2.33 bits per heavy atom. The quantitative estimate of drug-likeness (QED) is 0.612. The minimum atomic E-state index is 0.675. The molecule has 64 valence electrons. The number of nitrogens with one attached hydrogen (secondary N) is 1. The predicted molar refractivity (Wildman–Crippen MR) is 51.1 cm³/mol. The van der Waals surface area contributed by atoms with E-state index < -0.39 is 0 Å². The zero-order chi connectivity index (χ0) is 8.39. The highest BCUT2D eigenvalue weighted by Crippen LogP contribution is 2.23. The van der Waals surface area contributed by atoms with E-state index in [4.69, 9.17) is 5.73 Å². The van der Waals surface area contributed by atoms with Crippen molar-refractivity contribution in [2.24, 2.45) is 0 Å². The van der Waals surface area contributed by atoms with E-state index in [1.54, 1.807) is 0 Å². The molecule has 0 amide bonds. The molecule has 3 N–H and O–H groups in total. The third-order valence-electron chi connectivity index (χ3n) is 2.44. The van der Waals surface area contributed by atoms with Crippen LogP contribution in [0.3, 0.4) is 0 Å². The van der Waals surface area contributed by atoms with Crippen molar-refractivity contribution in [3.8, 4) is 0 Å². The lowest BCUT2D eigenvalue weighted by molar-refractivity contribution is 0.764. The number of nitrogen functional groups attached to an aromatic ring is 1. The minimum Gasteiger partial charge on any atom is -0.399 e. The van der Waals surface area contributed by atoms with Gasteiger partial charge in [0.1, 0.15) is 0 Å². The van der Waals surface area contributed by atoms with E-state index in [0.717, 1.165) is 18.8 Å². The van der Waals surface area contributed by atoms with Crippen molar-refractivity contribution in [1.29, 1.82) is 0 Å². The SMILES string of the molecule is Nc1cccc(C2CCNC2)c1. The normalized spacial score (nSPS) is 22.8. The zero-order valence-electron chi connectivity index (χ0n) is 7.09. The van der Waals surface area contributed by atoms with Crippen molar-refractivity contribution in [3.63, 3.8) is 0 Å². The Morgan fingerprint density at radius 1 is 1.42 bits per heavy atom. The van der Waals surface area contributed by atoms with Gasteiger partial charge in [-0.3, -0.25) is 0 Å². The molecular formula is C10H14N2. The maximum Gasteiger partial charge on any atom is 0.0316 e. The van der Waals surface area contributed by atoms with Crippen molar-refractivity contribution < 1.29 is 0 Å². The fourth-order valence-corrected chi connectivity index (χ4v) is 1.75. The van der Waals surface area contributed by atoms with Gasteiger partial charge in [0.25, 0.3) is 0 Å². The molecule has 0 saturated carbocycles. The van der Waals surface area contributed by atoms with Crippen molar-refractivity contribution >= 4 is 5.69 Å². The first-order chi connectivity index (χ1) is 5.86. The van der Waals surface area contributed by atoms with Gasteiger partial charge in [0.2, 0.25) is 0 Å². The Labute approximate surface area is 72.8 Å². The average molecular weight is 162 g/mol. The van der Waals surface area contributed by atoms with Gasteiger partial charge in [0.05, 0.1) is 0 Å². The van der Waals surface area contributed by atoms with Gasteiger partial charge in [0, 0.05) is 12.2 Å². The molecule has 1 aromatic rings. The highest BCUT2D eigenvalue weighted by molar-refractivity contribution is 5.42.